The van der Waals surface area contributed by atoms with Gasteiger partial charge in [-0.1, -0.05) is 18.5 Å². The van der Waals surface area contributed by atoms with Crippen molar-refractivity contribution in [2.75, 3.05) is 0 Å². The van der Waals surface area contributed by atoms with Crippen LogP contribution in [0.4, 0.5) is 0 Å². The van der Waals surface area contributed by atoms with E-state index in [1.165, 1.54) is 0 Å². The lowest BCUT2D eigenvalue weighted by Crippen LogP contribution is -2.24. The Hall–Kier alpha value is -0.870. The summed E-state index contributed by atoms with van der Waals surface area (Å²) < 4.78 is 1.78. The molecule has 1 heterocycles. The van der Waals surface area contributed by atoms with Crippen molar-refractivity contribution < 1.29 is 4.79 Å². The van der Waals surface area contributed by atoms with Crippen LogP contribution < -0.4 is 5.73 Å². The molecule has 1 aromatic heterocycles. The number of aromatic nitrogens is 2. The third-order valence-corrected chi connectivity index (χ3v) is 3.32. The quantitative estimate of drug-likeness (QED) is 0.849. The molecule has 4 nitrogen and oxygen atoms in total. The van der Waals surface area contributed by atoms with E-state index in [4.69, 9.17) is 17.3 Å². The summed E-state index contributed by atoms with van der Waals surface area (Å²) in [6, 6.07) is -0.0552. The maximum atomic E-state index is 11.8. The highest BCUT2D eigenvalue weighted by atomic mass is 35.5. The molecule has 1 atom stereocenters. The van der Waals surface area contributed by atoms with Crippen LogP contribution >= 0.6 is 11.6 Å². The molecule has 1 rings (SSSR count). The smallest absolute Gasteiger partial charge is 0.140 e. The number of carbonyl (C=O) groups excluding carboxylic acids is 1. The molecule has 1 aromatic rings. The Balaban J connectivity index is 2.77. The van der Waals surface area contributed by atoms with E-state index in [-0.39, 0.29) is 11.8 Å². The normalized spacial score (nSPS) is 12.8. The van der Waals surface area contributed by atoms with Gasteiger partial charge in [0.15, 0.2) is 0 Å². The van der Waals surface area contributed by atoms with Crippen molar-refractivity contribution in [3.05, 3.63) is 16.4 Å². The first kappa shape index (κ1) is 14.2. The largest absolute Gasteiger partial charge is 0.327 e. The van der Waals surface area contributed by atoms with E-state index in [0.717, 1.165) is 24.4 Å². The van der Waals surface area contributed by atoms with Crippen LogP contribution in [0.2, 0.25) is 5.02 Å². The van der Waals surface area contributed by atoms with Gasteiger partial charge in [-0.25, -0.2) is 0 Å². The van der Waals surface area contributed by atoms with Gasteiger partial charge in [-0.3, -0.25) is 9.48 Å². The molecule has 0 aliphatic carbocycles. The Bertz CT molecular complexity index is 401. The molecule has 5 heteroatoms. The van der Waals surface area contributed by atoms with Crippen molar-refractivity contribution in [2.45, 2.75) is 52.6 Å². The summed E-state index contributed by atoms with van der Waals surface area (Å²) in [4.78, 5) is 11.8. The molecule has 0 aromatic carbocycles. The molecule has 0 aliphatic rings. The van der Waals surface area contributed by atoms with Crippen molar-refractivity contribution in [2.24, 2.45) is 5.73 Å². The van der Waals surface area contributed by atoms with Gasteiger partial charge >= 0.3 is 0 Å². The Kier molecular flexibility index (Phi) is 5.15. The standard InChI is InChI=1S/C12H20ClN3O/c1-4-9(14)6-10(17)7-11-12(13)8(3)15-16(11)5-2/h9H,4-7,14H2,1-3H3. The number of halogens is 1. The molecule has 0 bridgehead atoms. The van der Waals surface area contributed by atoms with E-state index >= 15 is 0 Å². The summed E-state index contributed by atoms with van der Waals surface area (Å²) in [5.74, 6) is 0.121. The summed E-state index contributed by atoms with van der Waals surface area (Å²) in [7, 11) is 0. The van der Waals surface area contributed by atoms with E-state index in [9.17, 15) is 4.79 Å². The second-order valence-corrected chi connectivity index (χ2v) is 4.63. The van der Waals surface area contributed by atoms with Crippen molar-refractivity contribution in [1.29, 1.82) is 0 Å². The van der Waals surface area contributed by atoms with Crippen LogP contribution in [0, 0.1) is 6.92 Å². The van der Waals surface area contributed by atoms with Crippen LogP contribution in [0.15, 0.2) is 0 Å². The number of nitrogens with two attached hydrogens (primary N) is 1. The van der Waals surface area contributed by atoms with Crippen LogP contribution in [0.1, 0.15) is 38.1 Å². The van der Waals surface area contributed by atoms with Crippen molar-refractivity contribution in [3.63, 3.8) is 0 Å². The number of nitrogens with zero attached hydrogens (tertiary/aromatic N) is 2. The van der Waals surface area contributed by atoms with E-state index in [1.807, 2.05) is 20.8 Å². The average Bonchev–Trinajstić information content (AvgIpc) is 2.56. The molecule has 0 aliphatic heterocycles. The number of rotatable bonds is 6. The Labute approximate surface area is 107 Å². The van der Waals surface area contributed by atoms with Crippen molar-refractivity contribution in [3.8, 4) is 0 Å². The summed E-state index contributed by atoms with van der Waals surface area (Å²) in [5, 5.41) is 4.88. The first-order chi connectivity index (χ1) is 7.99. The van der Waals surface area contributed by atoms with Gasteiger partial charge in [0.1, 0.15) is 5.78 Å². The highest BCUT2D eigenvalue weighted by Crippen LogP contribution is 2.21. The van der Waals surface area contributed by atoms with Gasteiger partial charge in [0.2, 0.25) is 0 Å². The van der Waals surface area contributed by atoms with E-state index in [2.05, 4.69) is 5.10 Å². The van der Waals surface area contributed by atoms with Gasteiger partial charge in [-0.05, 0) is 20.3 Å². The van der Waals surface area contributed by atoms with Crippen LogP contribution in [0.5, 0.6) is 0 Å². The Morgan fingerprint density at radius 1 is 1.53 bits per heavy atom. The Morgan fingerprint density at radius 2 is 2.18 bits per heavy atom. The van der Waals surface area contributed by atoms with Crippen LogP contribution in [0.3, 0.4) is 0 Å². The summed E-state index contributed by atoms with van der Waals surface area (Å²) >= 11 is 6.14. The average molecular weight is 258 g/mol. The number of hydrogen-bond acceptors (Lipinski definition) is 3. The summed E-state index contributed by atoms with van der Waals surface area (Å²) in [6.07, 6.45) is 1.54. The topological polar surface area (TPSA) is 60.9 Å². The van der Waals surface area contributed by atoms with Gasteiger partial charge in [0.25, 0.3) is 0 Å². The van der Waals surface area contributed by atoms with E-state index in [0.29, 0.717) is 17.9 Å². The number of Topliss-reactive ketones (excluding diaryl/α,β-unsaturated/α-hetero) is 1. The van der Waals surface area contributed by atoms with Gasteiger partial charge < -0.3 is 5.73 Å². The zero-order valence-electron chi connectivity index (χ0n) is 10.7. The number of carbonyl (C=O) groups is 1. The van der Waals surface area contributed by atoms with E-state index < -0.39 is 0 Å². The molecule has 1 unspecified atom stereocenters. The number of hydrogen-bond donors (Lipinski definition) is 1. The number of ketones is 1. The second-order valence-electron chi connectivity index (χ2n) is 4.25. The summed E-state index contributed by atoms with van der Waals surface area (Å²) in [5.41, 5.74) is 7.34. The molecular formula is C12H20ClN3O. The highest BCUT2D eigenvalue weighted by Gasteiger charge is 2.17. The molecule has 96 valence electrons. The molecule has 0 spiro atoms. The molecule has 0 radical (unpaired) electrons. The molecule has 2 N–H and O–H groups in total. The van der Waals surface area contributed by atoms with Gasteiger partial charge in [-0.15, -0.1) is 0 Å². The van der Waals surface area contributed by atoms with Gasteiger partial charge in [-0.2, -0.15) is 5.10 Å². The van der Waals surface area contributed by atoms with Crippen molar-refractivity contribution in [1.82, 2.24) is 9.78 Å². The predicted octanol–water partition coefficient (Wildman–Crippen LogP) is 2.10. The van der Waals surface area contributed by atoms with Crippen molar-refractivity contribution >= 4 is 17.4 Å². The second kappa shape index (κ2) is 6.17. The maximum absolute atomic E-state index is 11.8. The lowest BCUT2D eigenvalue weighted by molar-refractivity contribution is -0.118. The van der Waals surface area contributed by atoms with Crippen LogP contribution in [0.25, 0.3) is 0 Å². The molecule has 0 fully saturated rings. The molecule has 17 heavy (non-hydrogen) atoms. The fraction of sp³-hybridized carbons (Fsp3) is 0.667. The van der Waals surface area contributed by atoms with Crippen LogP contribution in [-0.2, 0) is 17.8 Å². The lowest BCUT2D eigenvalue weighted by atomic mass is 10.1. The molecule has 0 saturated carbocycles. The lowest BCUT2D eigenvalue weighted by Gasteiger charge is -2.08. The SMILES string of the molecule is CCC(N)CC(=O)Cc1c(Cl)c(C)nn1CC. The molecule has 0 amide bonds. The maximum Gasteiger partial charge on any atom is 0.140 e. The highest BCUT2D eigenvalue weighted by molar-refractivity contribution is 6.32. The zero-order valence-corrected chi connectivity index (χ0v) is 11.4. The first-order valence-corrected chi connectivity index (χ1v) is 6.36. The van der Waals surface area contributed by atoms with Crippen LogP contribution in [-0.4, -0.2) is 21.6 Å². The third-order valence-electron chi connectivity index (χ3n) is 2.83. The minimum atomic E-state index is -0.0552. The summed E-state index contributed by atoms with van der Waals surface area (Å²) in [6.45, 7) is 6.52. The monoisotopic (exact) mass is 257 g/mol. The molecule has 0 saturated heterocycles. The Morgan fingerprint density at radius 3 is 2.71 bits per heavy atom. The van der Waals surface area contributed by atoms with E-state index in [1.54, 1.807) is 4.68 Å². The fourth-order valence-corrected chi connectivity index (χ4v) is 1.94. The zero-order chi connectivity index (χ0) is 13.0. The first-order valence-electron chi connectivity index (χ1n) is 5.98. The predicted molar refractivity (Wildman–Crippen MR) is 69.2 cm³/mol. The third kappa shape index (κ3) is 3.54. The molecular weight excluding hydrogens is 238 g/mol. The minimum Gasteiger partial charge on any atom is -0.327 e. The number of aryl methyl sites for hydroxylation is 2. The fourth-order valence-electron chi connectivity index (χ4n) is 1.73. The minimum absolute atomic E-state index is 0.0552. The van der Waals surface area contributed by atoms with Gasteiger partial charge in [0.05, 0.1) is 16.4 Å². The van der Waals surface area contributed by atoms with Gasteiger partial charge in [0, 0.05) is 25.4 Å².